The molecule has 88 valence electrons. The monoisotopic (exact) mass is 224 g/mol. The minimum Gasteiger partial charge on any atom is -0.466 e. The molecule has 0 heterocycles. The van der Waals surface area contributed by atoms with Gasteiger partial charge in [0.15, 0.2) is 0 Å². The highest BCUT2D eigenvalue weighted by Gasteiger charge is 2.12. The van der Waals surface area contributed by atoms with E-state index in [1.54, 1.807) is 6.08 Å². The summed E-state index contributed by atoms with van der Waals surface area (Å²) in [7, 11) is 2.59. The van der Waals surface area contributed by atoms with Gasteiger partial charge in [-0.2, -0.15) is 0 Å². The van der Waals surface area contributed by atoms with E-state index >= 15 is 0 Å². The molecule has 4 nitrogen and oxygen atoms in total. The second-order valence-corrected chi connectivity index (χ2v) is 3.82. The Morgan fingerprint density at radius 2 is 1.88 bits per heavy atom. The van der Waals surface area contributed by atoms with Crippen molar-refractivity contribution in [3.05, 3.63) is 12.2 Å². The molecular formula is C12H16O4. The number of hydrogen-bond acceptors (Lipinski definition) is 4. The maximum Gasteiger partial charge on any atom is 0.384 e. The standard InChI is InChI=1S/C12H16O4/c1-12(2,9-7-11(14)16-4)8-5-6-10(13)15-3/h7,9H,8H2,1-4H3/b9-7+. The molecule has 16 heavy (non-hydrogen) atoms. The van der Waals surface area contributed by atoms with Gasteiger partial charge < -0.3 is 9.47 Å². The van der Waals surface area contributed by atoms with Crippen LogP contribution in [0.15, 0.2) is 12.2 Å². The van der Waals surface area contributed by atoms with Gasteiger partial charge in [-0.25, -0.2) is 9.59 Å². The molecule has 0 aliphatic rings. The van der Waals surface area contributed by atoms with Crippen molar-refractivity contribution in [2.75, 3.05) is 14.2 Å². The van der Waals surface area contributed by atoms with Crippen molar-refractivity contribution in [2.45, 2.75) is 20.3 Å². The van der Waals surface area contributed by atoms with Crippen LogP contribution in [-0.4, -0.2) is 26.2 Å². The van der Waals surface area contributed by atoms with Crippen molar-refractivity contribution in [2.24, 2.45) is 5.41 Å². The van der Waals surface area contributed by atoms with E-state index < -0.39 is 11.9 Å². The summed E-state index contributed by atoms with van der Waals surface area (Å²) < 4.78 is 8.85. The smallest absolute Gasteiger partial charge is 0.384 e. The molecule has 0 aliphatic heterocycles. The first-order valence-electron chi connectivity index (χ1n) is 4.75. The molecule has 0 aromatic heterocycles. The van der Waals surface area contributed by atoms with Gasteiger partial charge >= 0.3 is 11.9 Å². The average molecular weight is 224 g/mol. The number of ether oxygens (including phenoxy) is 2. The van der Waals surface area contributed by atoms with Crippen LogP contribution in [-0.2, 0) is 19.1 Å². The van der Waals surface area contributed by atoms with E-state index in [4.69, 9.17) is 0 Å². The zero-order chi connectivity index (χ0) is 12.6. The Morgan fingerprint density at radius 1 is 1.25 bits per heavy atom. The third-order valence-electron chi connectivity index (χ3n) is 1.79. The number of carbonyl (C=O) groups is 2. The lowest BCUT2D eigenvalue weighted by molar-refractivity contribution is -0.135. The third kappa shape index (κ3) is 6.66. The normalized spacial score (nSPS) is 10.5. The van der Waals surface area contributed by atoms with E-state index in [9.17, 15) is 9.59 Å². The van der Waals surface area contributed by atoms with Crippen molar-refractivity contribution >= 4 is 11.9 Å². The lowest BCUT2D eigenvalue weighted by Crippen LogP contribution is -2.08. The minimum absolute atomic E-state index is 0.296. The van der Waals surface area contributed by atoms with E-state index in [1.807, 2.05) is 13.8 Å². The van der Waals surface area contributed by atoms with Crippen LogP contribution >= 0.6 is 0 Å². The maximum absolute atomic E-state index is 10.9. The zero-order valence-electron chi connectivity index (χ0n) is 9.99. The van der Waals surface area contributed by atoms with Crippen LogP contribution in [0.2, 0.25) is 0 Å². The molecule has 0 N–H and O–H groups in total. The zero-order valence-corrected chi connectivity index (χ0v) is 9.99. The van der Waals surface area contributed by atoms with E-state index in [0.717, 1.165) is 0 Å². The fraction of sp³-hybridized carbons (Fsp3) is 0.500. The van der Waals surface area contributed by atoms with Crippen LogP contribution in [0.3, 0.4) is 0 Å². The van der Waals surface area contributed by atoms with Crippen molar-refractivity contribution < 1.29 is 19.1 Å². The predicted molar refractivity (Wildman–Crippen MR) is 59.3 cm³/mol. The summed E-state index contributed by atoms with van der Waals surface area (Å²) in [4.78, 5) is 21.6. The lowest BCUT2D eigenvalue weighted by atomic mass is 9.89. The number of esters is 2. The van der Waals surface area contributed by atoms with Gasteiger partial charge in [-0.3, -0.25) is 0 Å². The lowest BCUT2D eigenvalue weighted by Gasteiger charge is -2.15. The van der Waals surface area contributed by atoms with E-state index in [2.05, 4.69) is 21.3 Å². The summed E-state index contributed by atoms with van der Waals surface area (Å²) in [6, 6.07) is 0. The van der Waals surface area contributed by atoms with Crippen LogP contribution in [0.4, 0.5) is 0 Å². The molecule has 0 unspecified atom stereocenters. The van der Waals surface area contributed by atoms with E-state index in [0.29, 0.717) is 6.42 Å². The summed E-state index contributed by atoms with van der Waals surface area (Å²) in [6.07, 6.45) is 3.50. The van der Waals surface area contributed by atoms with Crippen molar-refractivity contribution in [1.29, 1.82) is 0 Å². The second-order valence-electron chi connectivity index (χ2n) is 3.82. The van der Waals surface area contributed by atoms with Crippen LogP contribution < -0.4 is 0 Å². The molecule has 0 saturated carbocycles. The van der Waals surface area contributed by atoms with Crippen LogP contribution in [0.1, 0.15) is 20.3 Å². The number of allylic oxidation sites excluding steroid dienone is 1. The van der Waals surface area contributed by atoms with Crippen LogP contribution in [0, 0.1) is 17.3 Å². The first-order valence-corrected chi connectivity index (χ1v) is 4.75. The molecule has 0 aromatic rings. The highest BCUT2D eigenvalue weighted by molar-refractivity contribution is 5.88. The number of rotatable bonds is 3. The first kappa shape index (κ1) is 14.2. The molecule has 0 spiro atoms. The number of carbonyl (C=O) groups excluding carboxylic acids is 2. The highest BCUT2D eigenvalue weighted by atomic mass is 16.5. The molecule has 0 rings (SSSR count). The van der Waals surface area contributed by atoms with Crippen molar-refractivity contribution in [1.82, 2.24) is 0 Å². The maximum atomic E-state index is 10.9. The van der Waals surface area contributed by atoms with Gasteiger partial charge in [0.2, 0.25) is 0 Å². The van der Waals surface area contributed by atoms with E-state index in [-0.39, 0.29) is 5.41 Å². The average Bonchev–Trinajstić information content (AvgIpc) is 2.25. The summed E-state index contributed by atoms with van der Waals surface area (Å²) in [5, 5.41) is 0. The van der Waals surface area contributed by atoms with Crippen LogP contribution in [0.5, 0.6) is 0 Å². The van der Waals surface area contributed by atoms with Gasteiger partial charge in [0.25, 0.3) is 0 Å². The van der Waals surface area contributed by atoms with Crippen molar-refractivity contribution in [3.8, 4) is 11.8 Å². The van der Waals surface area contributed by atoms with Crippen molar-refractivity contribution in [3.63, 3.8) is 0 Å². The number of hydrogen-bond donors (Lipinski definition) is 0. The van der Waals surface area contributed by atoms with Crippen LogP contribution in [0.25, 0.3) is 0 Å². The molecule has 0 saturated heterocycles. The molecule has 0 bridgehead atoms. The van der Waals surface area contributed by atoms with Gasteiger partial charge in [0.1, 0.15) is 0 Å². The minimum atomic E-state index is -0.562. The molecule has 0 aliphatic carbocycles. The topological polar surface area (TPSA) is 52.6 Å². The summed E-state index contributed by atoms with van der Waals surface area (Å²) in [5.41, 5.74) is -0.296. The summed E-state index contributed by atoms with van der Waals surface area (Å²) in [6.45, 7) is 3.80. The molecule has 0 fully saturated rings. The molecule has 0 radical (unpaired) electrons. The molecule has 0 amide bonds. The molecule has 0 aromatic carbocycles. The predicted octanol–water partition coefficient (Wildman–Crippen LogP) is 1.31. The SMILES string of the molecule is COC(=O)C#CCC(C)(C)/C=C/C(=O)OC. The summed E-state index contributed by atoms with van der Waals surface area (Å²) >= 11 is 0. The second kappa shape index (κ2) is 6.67. The molecule has 4 heteroatoms. The Balaban J connectivity index is 4.33. The Morgan fingerprint density at radius 3 is 2.38 bits per heavy atom. The van der Waals surface area contributed by atoms with Gasteiger partial charge in [0, 0.05) is 18.4 Å². The summed E-state index contributed by atoms with van der Waals surface area (Å²) in [5.74, 6) is 4.05. The Labute approximate surface area is 95.6 Å². The third-order valence-corrected chi connectivity index (χ3v) is 1.79. The van der Waals surface area contributed by atoms with Gasteiger partial charge in [0.05, 0.1) is 14.2 Å². The molecule has 0 atom stereocenters. The highest BCUT2D eigenvalue weighted by Crippen LogP contribution is 2.21. The Kier molecular flexibility index (Phi) is 5.94. The van der Waals surface area contributed by atoms with Gasteiger partial charge in [-0.1, -0.05) is 25.8 Å². The fourth-order valence-electron chi connectivity index (χ4n) is 0.816. The largest absolute Gasteiger partial charge is 0.466 e. The number of methoxy groups -OCH3 is 2. The first-order chi connectivity index (χ1) is 7.41. The van der Waals surface area contributed by atoms with Gasteiger partial charge in [-0.15, -0.1) is 0 Å². The van der Waals surface area contributed by atoms with E-state index in [1.165, 1.54) is 20.3 Å². The Bertz CT molecular complexity index is 342. The molecular weight excluding hydrogens is 208 g/mol. The van der Waals surface area contributed by atoms with Gasteiger partial charge in [-0.05, 0) is 5.41 Å². The fourth-order valence-corrected chi connectivity index (χ4v) is 0.816. The quantitative estimate of drug-likeness (QED) is 0.314. The Hall–Kier alpha value is -1.76.